The first-order chi connectivity index (χ1) is 14.3. The lowest BCUT2D eigenvalue weighted by molar-refractivity contribution is -0.121. The quantitative estimate of drug-likeness (QED) is 0.566. The van der Waals surface area contributed by atoms with Gasteiger partial charge in [0.05, 0.1) is 12.0 Å². The van der Waals surface area contributed by atoms with Crippen LogP contribution in [-0.4, -0.2) is 50.5 Å². The lowest BCUT2D eigenvalue weighted by atomic mass is 10.3. The molecule has 1 amide bonds. The Morgan fingerprint density at radius 2 is 1.63 bits per heavy atom. The molecule has 0 aliphatic rings. The zero-order valence-corrected chi connectivity index (χ0v) is 18.7. The summed E-state index contributed by atoms with van der Waals surface area (Å²) in [7, 11) is -2.01. The molecule has 0 atom stereocenters. The number of sulfonamides is 1. The second-order valence-electron chi connectivity index (χ2n) is 6.06. The zero-order chi connectivity index (χ0) is 22.1. The maximum absolute atomic E-state index is 12.5. The van der Waals surface area contributed by atoms with Crippen LogP contribution in [0.15, 0.2) is 53.4 Å². The molecule has 2 rings (SSSR count). The maximum Gasteiger partial charge on any atom is 0.264 e. The van der Waals surface area contributed by atoms with Crippen LogP contribution in [-0.2, 0) is 14.8 Å². The van der Waals surface area contributed by atoms with Crippen molar-refractivity contribution < 1.29 is 22.7 Å². The minimum atomic E-state index is -3.53. The number of carbonyl (C=O) groups is 1. The molecule has 0 saturated heterocycles. The van der Waals surface area contributed by atoms with Gasteiger partial charge in [-0.2, -0.15) is 4.31 Å². The van der Waals surface area contributed by atoms with E-state index in [1.165, 1.54) is 23.5 Å². The molecule has 0 aliphatic heterocycles. The van der Waals surface area contributed by atoms with Gasteiger partial charge in [-0.15, -0.1) is 0 Å². The summed E-state index contributed by atoms with van der Waals surface area (Å²) in [6.07, 6.45) is 0. The van der Waals surface area contributed by atoms with Crippen LogP contribution < -0.4 is 20.1 Å². The minimum absolute atomic E-state index is 0.0722. The number of benzene rings is 2. The van der Waals surface area contributed by atoms with Gasteiger partial charge >= 0.3 is 0 Å². The molecule has 2 aromatic carbocycles. The van der Waals surface area contributed by atoms with Gasteiger partial charge in [0.1, 0.15) is 0 Å². The zero-order valence-electron chi connectivity index (χ0n) is 17.0. The molecule has 0 aliphatic carbocycles. The molecule has 2 N–H and O–H groups in total. The number of hydrogen-bond donors (Lipinski definition) is 2. The number of anilines is 1. The Morgan fingerprint density at radius 1 is 1.03 bits per heavy atom. The van der Waals surface area contributed by atoms with Crippen LogP contribution in [0.4, 0.5) is 5.69 Å². The van der Waals surface area contributed by atoms with E-state index in [0.717, 1.165) is 0 Å². The molecule has 0 spiro atoms. The second-order valence-corrected chi connectivity index (χ2v) is 8.40. The molecule has 2 aromatic rings. The summed E-state index contributed by atoms with van der Waals surface area (Å²) in [5.41, 5.74) is 0.546. The lowest BCUT2D eigenvalue weighted by Gasteiger charge is -2.18. The van der Waals surface area contributed by atoms with Gasteiger partial charge in [0, 0.05) is 18.8 Å². The van der Waals surface area contributed by atoms with E-state index in [9.17, 15) is 13.2 Å². The van der Waals surface area contributed by atoms with Crippen molar-refractivity contribution in [2.75, 3.05) is 32.1 Å². The van der Waals surface area contributed by atoms with E-state index in [2.05, 4.69) is 10.6 Å². The van der Waals surface area contributed by atoms with Gasteiger partial charge in [-0.05, 0) is 48.6 Å². The third-order valence-electron chi connectivity index (χ3n) is 4.14. The number of carbonyl (C=O) groups excluding carboxylic acids is 1. The second kappa shape index (κ2) is 10.9. The Kier molecular flexibility index (Phi) is 8.58. The van der Waals surface area contributed by atoms with Crippen LogP contribution >= 0.6 is 12.2 Å². The van der Waals surface area contributed by atoms with Crippen molar-refractivity contribution in [3.8, 4) is 11.5 Å². The highest BCUT2D eigenvalue weighted by Gasteiger charge is 2.21. The van der Waals surface area contributed by atoms with Crippen molar-refractivity contribution >= 4 is 38.9 Å². The highest BCUT2D eigenvalue weighted by molar-refractivity contribution is 7.89. The van der Waals surface area contributed by atoms with E-state index in [1.807, 2.05) is 0 Å². The predicted molar refractivity (Wildman–Crippen MR) is 119 cm³/mol. The Hall–Kier alpha value is -2.69. The Balaban J connectivity index is 1.91. The fourth-order valence-corrected chi connectivity index (χ4v) is 4.32. The summed E-state index contributed by atoms with van der Waals surface area (Å²) in [5, 5.41) is 5.42. The molecule has 0 heterocycles. The standard InChI is InChI=1S/C20H25N3O5S2/c1-4-23(5-2)30(25,26)16-12-10-15(11-13-16)21-20(29)22-19(24)14-28-18-9-7-6-8-17(18)27-3/h6-13H,4-5,14H2,1-3H3,(H2,21,22,24,29). The number of hydrogen-bond acceptors (Lipinski definition) is 6. The Morgan fingerprint density at radius 3 is 2.20 bits per heavy atom. The number of amides is 1. The largest absolute Gasteiger partial charge is 0.493 e. The molecule has 162 valence electrons. The van der Waals surface area contributed by atoms with Crippen LogP contribution in [0.5, 0.6) is 11.5 Å². The van der Waals surface area contributed by atoms with Crippen molar-refractivity contribution in [1.29, 1.82) is 0 Å². The van der Waals surface area contributed by atoms with Gasteiger partial charge < -0.3 is 14.8 Å². The highest BCUT2D eigenvalue weighted by atomic mass is 32.2. The van der Waals surface area contributed by atoms with E-state index < -0.39 is 15.9 Å². The molecule has 30 heavy (non-hydrogen) atoms. The highest BCUT2D eigenvalue weighted by Crippen LogP contribution is 2.25. The lowest BCUT2D eigenvalue weighted by Crippen LogP contribution is -2.37. The van der Waals surface area contributed by atoms with Crippen LogP contribution in [0.2, 0.25) is 0 Å². The summed E-state index contributed by atoms with van der Waals surface area (Å²) >= 11 is 5.13. The molecule has 0 aromatic heterocycles. The number of rotatable bonds is 9. The summed E-state index contributed by atoms with van der Waals surface area (Å²) in [5.74, 6) is 0.518. The summed E-state index contributed by atoms with van der Waals surface area (Å²) in [4.78, 5) is 12.2. The van der Waals surface area contributed by atoms with Crippen LogP contribution in [0.25, 0.3) is 0 Å². The normalized spacial score (nSPS) is 11.1. The number of methoxy groups -OCH3 is 1. The molecular weight excluding hydrogens is 426 g/mol. The van der Waals surface area contributed by atoms with Crippen LogP contribution in [0, 0.1) is 0 Å². The summed E-state index contributed by atoms with van der Waals surface area (Å²) in [6.45, 7) is 4.12. The molecule has 0 saturated carbocycles. The number of ether oxygens (including phenoxy) is 2. The van der Waals surface area contributed by atoms with Crippen molar-refractivity contribution in [2.24, 2.45) is 0 Å². The number of nitrogens with one attached hydrogen (secondary N) is 2. The third-order valence-corrected chi connectivity index (χ3v) is 6.40. The maximum atomic E-state index is 12.5. The van der Waals surface area contributed by atoms with Crippen molar-refractivity contribution in [1.82, 2.24) is 9.62 Å². The topological polar surface area (TPSA) is 97.0 Å². The Bertz CT molecular complexity index is 974. The van der Waals surface area contributed by atoms with Gasteiger partial charge in [-0.1, -0.05) is 26.0 Å². The van der Waals surface area contributed by atoms with Crippen molar-refractivity contribution in [3.05, 3.63) is 48.5 Å². The van der Waals surface area contributed by atoms with E-state index >= 15 is 0 Å². The van der Waals surface area contributed by atoms with Gasteiger partial charge in [0.15, 0.2) is 23.2 Å². The fraction of sp³-hybridized carbons (Fsp3) is 0.300. The van der Waals surface area contributed by atoms with Gasteiger partial charge in [-0.3, -0.25) is 10.1 Å². The first-order valence-corrected chi connectivity index (χ1v) is 11.1. The molecular formula is C20H25N3O5S2. The van der Waals surface area contributed by atoms with Crippen LogP contribution in [0.1, 0.15) is 13.8 Å². The first kappa shape index (κ1) is 23.6. The number of nitrogens with zero attached hydrogens (tertiary/aromatic N) is 1. The van der Waals surface area contributed by atoms with Gasteiger partial charge in [-0.25, -0.2) is 8.42 Å². The predicted octanol–water partition coefficient (Wildman–Crippen LogP) is 2.62. The van der Waals surface area contributed by atoms with E-state index in [1.54, 1.807) is 50.2 Å². The SMILES string of the molecule is CCN(CC)S(=O)(=O)c1ccc(NC(=S)NC(=O)COc2ccccc2OC)cc1. The third kappa shape index (κ3) is 6.15. The van der Waals surface area contributed by atoms with Crippen molar-refractivity contribution in [3.63, 3.8) is 0 Å². The average Bonchev–Trinajstić information content (AvgIpc) is 2.73. The van der Waals surface area contributed by atoms with Crippen molar-refractivity contribution in [2.45, 2.75) is 18.7 Å². The molecule has 0 bridgehead atoms. The van der Waals surface area contributed by atoms with E-state index in [4.69, 9.17) is 21.7 Å². The van der Waals surface area contributed by atoms with Gasteiger partial charge in [0.2, 0.25) is 10.0 Å². The average molecular weight is 452 g/mol. The van der Waals surface area contributed by atoms with E-state index in [-0.39, 0.29) is 16.6 Å². The monoisotopic (exact) mass is 451 g/mol. The molecule has 10 heteroatoms. The fourth-order valence-electron chi connectivity index (χ4n) is 2.63. The van der Waals surface area contributed by atoms with Gasteiger partial charge in [0.25, 0.3) is 5.91 Å². The molecule has 0 unspecified atom stereocenters. The minimum Gasteiger partial charge on any atom is -0.493 e. The molecule has 0 fully saturated rings. The Labute approximate surface area is 182 Å². The molecule has 8 nitrogen and oxygen atoms in total. The molecule has 0 radical (unpaired) electrons. The number of thiocarbonyl (C=S) groups is 1. The summed E-state index contributed by atoms with van der Waals surface area (Å²) < 4.78 is 37.0. The number of para-hydroxylation sites is 2. The summed E-state index contributed by atoms with van der Waals surface area (Å²) in [6, 6.07) is 13.1. The first-order valence-electron chi connectivity index (χ1n) is 9.28. The van der Waals surface area contributed by atoms with Crippen LogP contribution in [0.3, 0.4) is 0 Å². The van der Waals surface area contributed by atoms with E-state index in [0.29, 0.717) is 30.3 Å². The smallest absolute Gasteiger partial charge is 0.264 e.